The molecule has 0 radical (unpaired) electrons. The monoisotopic (exact) mass is 164 g/mol. The van der Waals surface area contributed by atoms with Crippen LogP contribution in [-0.4, -0.2) is 12.9 Å². The van der Waals surface area contributed by atoms with Gasteiger partial charge < -0.3 is 9.47 Å². The van der Waals surface area contributed by atoms with E-state index < -0.39 is 0 Å². The summed E-state index contributed by atoms with van der Waals surface area (Å²) in [5.74, 6) is -0.388. The average Bonchev–Trinajstić information content (AvgIpc) is 2.81. The van der Waals surface area contributed by atoms with Gasteiger partial charge in [-0.05, 0) is 12.5 Å². The Morgan fingerprint density at radius 1 is 1.33 bits per heavy atom. The molecular formula is C10H12O2. The van der Waals surface area contributed by atoms with E-state index in [4.69, 9.17) is 9.47 Å². The number of benzene rings is 1. The minimum absolute atomic E-state index is 0.115. The molecule has 0 bridgehead atoms. The van der Waals surface area contributed by atoms with Gasteiger partial charge in [0, 0.05) is 7.11 Å². The molecule has 2 atom stereocenters. The van der Waals surface area contributed by atoms with Crippen LogP contribution in [0.3, 0.4) is 0 Å². The van der Waals surface area contributed by atoms with Crippen LogP contribution >= 0.6 is 0 Å². The molecule has 0 amide bonds. The zero-order valence-corrected chi connectivity index (χ0v) is 7.28. The van der Waals surface area contributed by atoms with Crippen LogP contribution in [0, 0.1) is 0 Å². The van der Waals surface area contributed by atoms with Gasteiger partial charge in [0.2, 0.25) is 0 Å². The van der Waals surface area contributed by atoms with Crippen molar-refractivity contribution in [1.29, 1.82) is 0 Å². The van der Waals surface area contributed by atoms with Crippen molar-refractivity contribution in [2.75, 3.05) is 7.11 Å². The Bertz CT molecular complexity index is 270. The fourth-order valence-electron chi connectivity index (χ4n) is 1.35. The van der Waals surface area contributed by atoms with Gasteiger partial charge in [0.15, 0.2) is 5.79 Å². The minimum Gasteiger partial charge on any atom is -0.351 e. The third kappa shape index (κ3) is 1.13. The number of rotatable bonds is 2. The van der Waals surface area contributed by atoms with Crippen molar-refractivity contribution < 1.29 is 9.47 Å². The van der Waals surface area contributed by atoms with E-state index in [1.807, 2.05) is 25.1 Å². The maximum atomic E-state index is 5.42. The lowest BCUT2D eigenvalue weighted by molar-refractivity contribution is 0.00579. The van der Waals surface area contributed by atoms with E-state index in [0.717, 1.165) is 0 Å². The highest BCUT2D eigenvalue weighted by Crippen LogP contribution is 2.49. The number of hydrogen-bond donors (Lipinski definition) is 0. The molecule has 1 fully saturated rings. The highest BCUT2D eigenvalue weighted by Gasteiger charge is 2.53. The SMILES string of the molecule is CO[C@]1(C)O[C@@H]1c1ccccc1. The number of ether oxygens (including phenoxy) is 2. The molecule has 1 aliphatic heterocycles. The van der Waals surface area contributed by atoms with Gasteiger partial charge in [0.25, 0.3) is 0 Å². The normalized spacial score (nSPS) is 33.3. The van der Waals surface area contributed by atoms with Crippen molar-refractivity contribution in [3.8, 4) is 0 Å². The summed E-state index contributed by atoms with van der Waals surface area (Å²) in [6, 6.07) is 10.1. The van der Waals surface area contributed by atoms with Gasteiger partial charge in [-0.2, -0.15) is 0 Å². The molecule has 0 aromatic heterocycles. The lowest BCUT2D eigenvalue weighted by Gasteiger charge is -2.01. The van der Waals surface area contributed by atoms with Gasteiger partial charge in [-0.3, -0.25) is 0 Å². The molecule has 1 heterocycles. The van der Waals surface area contributed by atoms with Gasteiger partial charge in [-0.25, -0.2) is 0 Å². The maximum absolute atomic E-state index is 5.42. The molecule has 0 spiro atoms. The van der Waals surface area contributed by atoms with Crippen molar-refractivity contribution in [3.05, 3.63) is 35.9 Å². The summed E-state index contributed by atoms with van der Waals surface area (Å²) in [5, 5.41) is 0. The predicted molar refractivity (Wildman–Crippen MR) is 45.7 cm³/mol. The lowest BCUT2D eigenvalue weighted by Crippen LogP contribution is -2.08. The van der Waals surface area contributed by atoms with E-state index in [2.05, 4.69) is 12.1 Å². The summed E-state index contributed by atoms with van der Waals surface area (Å²) in [6.45, 7) is 1.95. The Morgan fingerprint density at radius 3 is 2.50 bits per heavy atom. The third-order valence-electron chi connectivity index (χ3n) is 2.28. The van der Waals surface area contributed by atoms with Crippen LogP contribution in [0.2, 0.25) is 0 Å². The molecule has 0 saturated carbocycles. The molecule has 2 heteroatoms. The van der Waals surface area contributed by atoms with Crippen LogP contribution in [0.25, 0.3) is 0 Å². The number of hydrogen-bond acceptors (Lipinski definition) is 2. The minimum atomic E-state index is -0.388. The van der Waals surface area contributed by atoms with Crippen LogP contribution in [0.1, 0.15) is 18.6 Å². The highest BCUT2D eigenvalue weighted by atomic mass is 16.8. The van der Waals surface area contributed by atoms with E-state index in [0.29, 0.717) is 0 Å². The Hall–Kier alpha value is -0.860. The maximum Gasteiger partial charge on any atom is 0.196 e. The molecular weight excluding hydrogens is 152 g/mol. The van der Waals surface area contributed by atoms with Gasteiger partial charge in [0.05, 0.1) is 0 Å². The first kappa shape index (κ1) is 7.77. The summed E-state index contributed by atoms with van der Waals surface area (Å²) in [6.07, 6.45) is 0.115. The fraction of sp³-hybridized carbons (Fsp3) is 0.400. The molecule has 2 nitrogen and oxygen atoms in total. The first-order valence-electron chi connectivity index (χ1n) is 4.04. The van der Waals surface area contributed by atoms with E-state index >= 15 is 0 Å². The Kier molecular flexibility index (Phi) is 1.67. The zero-order valence-electron chi connectivity index (χ0n) is 7.28. The smallest absolute Gasteiger partial charge is 0.196 e. The Labute approximate surface area is 72.1 Å². The van der Waals surface area contributed by atoms with Gasteiger partial charge >= 0.3 is 0 Å². The zero-order chi connectivity index (χ0) is 8.60. The van der Waals surface area contributed by atoms with Crippen LogP contribution in [-0.2, 0) is 9.47 Å². The predicted octanol–water partition coefficient (Wildman–Crippen LogP) is 2.12. The molecule has 12 heavy (non-hydrogen) atoms. The van der Waals surface area contributed by atoms with Crippen molar-refractivity contribution >= 4 is 0 Å². The molecule has 0 N–H and O–H groups in total. The summed E-state index contributed by atoms with van der Waals surface area (Å²) < 4.78 is 10.6. The standard InChI is InChI=1S/C10H12O2/c1-10(11-2)9(12-10)8-6-4-3-5-7-8/h3-7,9H,1-2H3/t9-,10-/m1/s1. The van der Waals surface area contributed by atoms with E-state index in [1.165, 1.54) is 5.56 Å². The van der Waals surface area contributed by atoms with Gasteiger partial charge in [0.1, 0.15) is 6.10 Å². The van der Waals surface area contributed by atoms with Crippen molar-refractivity contribution in [2.24, 2.45) is 0 Å². The largest absolute Gasteiger partial charge is 0.351 e. The Morgan fingerprint density at radius 2 is 2.00 bits per heavy atom. The summed E-state index contributed by atoms with van der Waals surface area (Å²) in [4.78, 5) is 0. The molecule has 64 valence electrons. The molecule has 0 unspecified atom stereocenters. The van der Waals surface area contributed by atoms with Crippen LogP contribution in [0.4, 0.5) is 0 Å². The quantitative estimate of drug-likeness (QED) is 0.624. The van der Waals surface area contributed by atoms with Crippen LogP contribution < -0.4 is 0 Å². The fourth-order valence-corrected chi connectivity index (χ4v) is 1.35. The Balaban J connectivity index is 2.16. The summed E-state index contributed by atoms with van der Waals surface area (Å²) in [5.41, 5.74) is 1.18. The first-order chi connectivity index (χ1) is 5.76. The molecule has 1 aromatic carbocycles. The van der Waals surface area contributed by atoms with Crippen molar-refractivity contribution in [3.63, 3.8) is 0 Å². The highest BCUT2D eigenvalue weighted by molar-refractivity contribution is 5.23. The summed E-state index contributed by atoms with van der Waals surface area (Å²) in [7, 11) is 1.67. The average molecular weight is 164 g/mol. The molecule has 1 aromatic rings. The van der Waals surface area contributed by atoms with E-state index in [-0.39, 0.29) is 11.9 Å². The van der Waals surface area contributed by atoms with Gasteiger partial charge in [-0.15, -0.1) is 0 Å². The van der Waals surface area contributed by atoms with E-state index in [9.17, 15) is 0 Å². The van der Waals surface area contributed by atoms with Crippen molar-refractivity contribution in [2.45, 2.75) is 18.8 Å². The molecule has 0 aliphatic carbocycles. The first-order valence-corrected chi connectivity index (χ1v) is 4.04. The third-order valence-corrected chi connectivity index (χ3v) is 2.28. The number of methoxy groups -OCH3 is 1. The summed E-state index contributed by atoms with van der Waals surface area (Å²) >= 11 is 0. The van der Waals surface area contributed by atoms with Crippen molar-refractivity contribution in [1.82, 2.24) is 0 Å². The van der Waals surface area contributed by atoms with Crippen LogP contribution in [0.5, 0.6) is 0 Å². The number of epoxide rings is 1. The second kappa shape index (κ2) is 2.57. The second-order valence-corrected chi connectivity index (χ2v) is 3.13. The second-order valence-electron chi connectivity index (χ2n) is 3.13. The van der Waals surface area contributed by atoms with Crippen LogP contribution in [0.15, 0.2) is 30.3 Å². The topological polar surface area (TPSA) is 21.8 Å². The lowest BCUT2D eigenvalue weighted by atomic mass is 10.1. The molecule has 2 rings (SSSR count). The molecule has 1 aliphatic rings. The molecule has 1 saturated heterocycles. The van der Waals surface area contributed by atoms with E-state index in [1.54, 1.807) is 7.11 Å². The van der Waals surface area contributed by atoms with Gasteiger partial charge in [-0.1, -0.05) is 30.3 Å².